The van der Waals surface area contributed by atoms with Gasteiger partial charge in [-0.2, -0.15) is 4.31 Å². The van der Waals surface area contributed by atoms with Gasteiger partial charge in [-0.15, -0.1) is 0 Å². The molecule has 9 nitrogen and oxygen atoms in total. The predicted molar refractivity (Wildman–Crippen MR) is 125 cm³/mol. The van der Waals surface area contributed by atoms with Crippen molar-refractivity contribution in [2.45, 2.75) is 31.8 Å². The number of hydrogen-bond donors (Lipinski definition) is 1. The van der Waals surface area contributed by atoms with Crippen molar-refractivity contribution in [3.05, 3.63) is 59.4 Å². The van der Waals surface area contributed by atoms with E-state index in [-0.39, 0.29) is 21.3 Å². The molecule has 33 heavy (non-hydrogen) atoms. The number of hydrogen-bond acceptors (Lipinski definition) is 7. The van der Waals surface area contributed by atoms with E-state index in [1.807, 2.05) is 0 Å². The first-order valence-electron chi connectivity index (χ1n) is 10.2. The summed E-state index contributed by atoms with van der Waals surface area (Å²) in [5, 5.41) is 2.66. The minimum atomic E-state index is -3.75. The Balaban J connectivity index is 1.74. The van der Waals surface area contributed by atoms with Gasteiger partial charge in [0.15, 0.2) is 11.8 Å². The van der Waals surface area contributed by atoms with E-state index in [0.717, 1.165) is 0 Å². The Morgan fingerprint density at radius 2 is 1.79 bits per heavy atom. The molecule has 2 aromatic carbocycles. The van der Waals surface area contributed by atoms with Crippen molar-refractivity contribution in [1.82, 2.24) is 14.3 Å². The van der Waals surface area contributed by atoms with Crippen molar-refractivity contribution in [1.29, 1.82) is 0 Å². The second-order valence-corrected chi connectivity index (χ2v) is 9.36. The number of sulfonamides is 1. The molecule has 3 aromatic rings. The molecule has 0 radical (unpaired) electrons. The van der Waals surface area contributed by atoms with Crippen LogP contribution in [0.25, 0.3) is 11.0 Å². The fraction of sp³-hybridized carbons (Fsp3) is 0.273. The summed E-state index contributed by atoms with van der Waals surface area (Å²) in [7, 11) is -3.75. The molecular formula is C22H23ClN4O5S. The van der Waals surface area contributed by atoms with Crippen LogP contribution in [0.4, 0.5) is 5.69 Å². The first-order chi connectivity index (χ1) is 15.7. The number of aromatic nitrogens is 2. The average molecular weight is 491 g/mol. The van der Waals surface area contributed by atoms with Gasteiger partial charge in [0.25, 0.3) is 5.91 Å². The van der Waals surface area contributed by atoms with Gasteiger partial charge >= 0.3 is 5.97 Å². The minimum absolute atomic E-state index is 0.0121. The van der Waals surface area contributed by atoms with E-state index in [4.69, 9.17) is 16.3 Å². The number of amides is 1. The lowest BCUT2D eigenvalue weighted by atomic mass is 10.3. The monoisotopic (exact) mass is 490 g/mol. The number of nitrogens with one attached hydrogen (secondary N) is 1. The molecule has 174 valence electrons. The van der Waals surface area contributed by atoms with E-state index >= 15 is 0 Å². The van der Waals surface area contributed by atoms with Crippen molar-refractivity contribution >= 4 is 50.2 Å². The highest BCUT2D eigenvalue weighted by atomic mass is 35.5. The summed E-state index contributed by atoms with van der Waals surface area (Å²) in [5.41, 5.74) is 1.18. The smallest absolute Gasteiger partial charge is 0.359 e. The quantitative estimate of drug-likeness (QED) is 0.480. The number of fused-ring (bicyclic) bond motifs is 1. The molecule has 0 aliphatic rings. The molecule has 1 N–H and O–H groups in total. The van der Waals surface area contributed by atoms with Crippen molar-refractivity contribution < 1.29 is 22.7 Å². The third-order valence-corrected chi connectivity index (χ3v) is 7.23. The molecule has 1 amide bonds. The molecular weight excluding hydrogens is 468 g/mol. The predicted octanol–water partition coefficient (Wildman–Crippen LogP) is 3.50. The standard InChI is InChI=1S/C22H23ClN4O5S/c1-4-27(5-2)33(30,31)15-10-11-16(23)19(12-15)26-21(28)14(3)32-22(29)20-13-24-17-8-6-7-9-18(17)25-20/h6-14H,4-5H2,1-3H3,(H,26,28). The van der Waals surface area contributed by atoms with Gasteiger partial charge in [0, 0.05) is 13.1 Å². The van der Waals surface area contributed by atoms with E-state index in [2.05, 4.69) is 15.3 Å². The lowest BCUT2D eigenvalue weighted by Gasteiger charge is -2.19. The van der Waals surface area contributed by atoms with E-state index in [9.17, 15) is 18.0 Å². The lowest BCUT2D eigenvalue weighted by Crippen LogP contribution is -2.31. The summed E-state index contributed by atoms with van der Waals surface area (Å²) in [6, 6.07) is 11.1. The largest absolute Gasteiger partial charge is 0.448 e. The van der Waals surface area contributed by atoms with Crippen LogP contribution < -0.4 is 5.32 Å². The van der Waals surface area contributed by atoms with Crippen molar-refractivity contribution in [2.24, 2.45) is 0 Å². The molecule has 1 heterocycles. The highest BCUT2D eigenvalue weighted by Gasteiger charge is 2.25. The SMILES string of the molecule is CCN(CC)S(=O)(=O)c1ccc(Cl)c(NC(=O)C(C)OC(=O)c2cnc3ccccc3n2)c1. The maximum atomic E-state index is 12.8. The van der Waals surface area contributed by atoms with Crippen LogP contribution in [0.3, 0.4) is 0 Å². The van der Waals surface area contributed by atoms with Crippen molar-refractivity contribution in [3.63, 3.8) is 0 Å². The first kappa shape index (κ1) is 24.6. The van der Waals surface area contributed by atoms with Crippen LogP contribution in [0.1, 0.15) is 31.3 Å². The Bertz CT molecular complexity index is 1290. The van der Waals surface area contributed by atoms with Crippen LogP contribution in [-0.4, -0.2) is 53.8 Å². The number of benzene rings is 2. The van der Waals surface area contributed by atoms with Gasteiger partial charge in [-0.25, -0.2) is 18.2 Å². The molecule has 1 aromatic heterocycles. The maximum absolute atomic E-state index is 12.8. The van der Waals surface area contributed by atoms with Crippen LogP contribution >= 0.6 is 11.6 Å². The minimum Gasteiger partial charge on any atom is -0.448 e. The Hall–Kier alpha value is -3.08. The van der Waals surface area contributed by atoms with Crippen LogP contribution in [-0.2, 0) is 19.6 Å². The zero-order valence-corrected chi connectivity index (χ0v) is 19.9. The van der Waals surface area contributed by atoms with E-state index in [0.29, 0.717) is 24.1 Å². The Morgan fingerprint density at radius 3 is 2.45 bits per heavy atom. The highest BCUT2D eigenvalue weighted by molar-refractivity contribution is 7.89. The number of halogens is 1. The molecule has 0 bridgehead atoms. The van der Waals surface area contributed by atoms with Crippen LogP contribution in [0, 0.1) is 0 Å². The van der Waals surface area contributed by atoms with E-state index in [1.165, 1.54) is 35.6 Å². The average Bonchev–Trinajstić information content (AvgIpc) is 2.80. The zero-order valence-electron chi connectivity index (χ0n) is 18.3. The summed E-state index contributed by atoms with van der Waals surface area (Å²) >= 11 is 6.15. The number of rotatable bonds is 8. The molecule has 11 heteroatoms. The van der Waals surface area contributed by atoms with Crippen LogP contribution in [0.5, 0.6) is 0 Å². The van der Waals surface area contributed by atoms with Gasteiger partial charge in [0.2, 0.25) is 10.0 Å². The van der Waals surface area contributed by atoms with E-state index < -0.39 is 28.0 Å². The second kappa shape index (κ2) is 10.2. The number of para-hydroxylation sites is 2. The summed E-state index contributed by atoms with van der Waals surface area (Å²) in [6.45, 7) is 5.44. The highest BCUT2D eigenvalue weighted by Crippen LogP contribution is 2.27. The number of anilines is 1. The van der Waals surface area contributed by atoms with Crippen LogP contribution in [0.2, 0.25) is 5.02 Å². The third-order valence-electron chi connectivity index (χ3n) is 4.85. The number of carbonyl (C=O) groups excluding carboxylic acids is 2. The van der Waals surface area contributed by atoms with Gasteiger partial charge in [-0.3, -0.25) is 9.78 Å². The summed E-state index contributed by atoms with van der Waals surface area (Å²) in [4.78, 5) is 33.4. The molecule has 0 saturated heterocycles. The maximum Gasteiger partial charge on any atom is 0.359 e. The molecule has 0 saturated carbocycles. The van der Waals surface area contributed by atoms with Gasteiger partial charge in [-0.05, 0) is 37.3 Å². The van der Waals surface area contributed by atoms with Crippen molar-refractivity contribution in [3.8, 4) is 0 Å². The fourth-order valence-corrected chi connectivity index (χ4v) is 4.69. The number of carbonyl (C=O) groups is 2. The van der Waals surface area contributed by atoms with Gasteiger partial charge in [-0.1, -0.05) is 37.6 Å². The number of esters is 1. The van der Waals surface area contributed by atoms with Gasteiger partial charge < -0.3 is 10.1 Å². The molecule has 0 spiro atoms. The number of nitrogens with zero attached hydrogens (tertiary/aromatic N) is 3. The molecule has 0 aliphatic carbocycles. The normalized spacial score (nSPS) is 12.5. The Kier molecular flexibility index (Phi) is 7.62. The lowest BCUT2D eigenvalue weighted by molar-refractivity contribution is -0.123. The first-order valence-corrected chi connectivity index (χ1v) is 12.0. The molecule has 0 aliphatic heterocycles. The Labute approximate surface area is 196 Å². The van der Waals surface area contributed by atoms with Crippen molar-refractivity contribution in [2.75, 3.05) is 18.4 Å². The molecule has 1 atom stereocenters. The number of ether oxygens (including phenoxy) is 1. The second-order valence-electron chi connectivity index (χ2n) is 7.01. The van der Waals surface area contributed by atoms with Gasteiger partial charge in [0.05, 0.1) is 32.8 Å². The Morgan fingerprint density at radius 1 is 1.12 bits per heavy atom. The molecule has 0 fully saturated rings. The molecule has 1 unspecified atom stereocenters. The summed E-state index contributed by atoms with van der Waals surface area (Å²) in [5.74, 6) is -1.50. The van der Waals surface area contributed by atoms with Crippen LogP contribution in [0.15, 0.2) is 53.6 Å². The zero-order chi connectivity index (χ0) is 24.2. The third kappa shape index (κ3) is 5.47. The summed E-state index contributed by atoms with van der Waals surface area (Å²) < 4.78 is 32.0. The van der Waals surface area contributed by atoms with E-state index in [1.54, 1.807) is 38.1 Å². The fourth-order valence-electron chi connectivity index (χ4n) is 3.04. The summed E-state index contributed by atoms with van der Waals surface area (Å²) in [6.07, 6.45) is 0.0677. The van der Waals surface area contributed by atoms with Gasteiger partial charge in [0.1, 0.15) is 0 Å². The topological polar surface area (TPSA) is 119 Å². The molecule has 3 rings (SSSR count).